The highest BCUT2D eigenvalue weighted by Crippen LogP contribution is 2.28. The molecule has 1 atom stereocenters. The topological polar surface area (TPSA) is 59.6 Å². The SMILES string of the molecule is Cc1cc2c(cc3c(=O)n(CC(=O)N4CCC[C@@H](C)C4)nc(C)n32)s1. The van der Waals surface area contributed by atoms with Crippen molar-refractivity contribution in [2.24, 2.45) is 5.92 Å². The van der Waals surface area contributed by atoms with E-state index < -0.39 is 0 Å². The van der Waals surface area contributed by atoms with Gasteiger partial charge in [0.05, 0.1) is 10.2 Å². The molecule has 0 aliphatic carbocycles. The van der Waals surface area contributed by atoms with E-state index in [0.29, 0.717) is 11.4 Å². The van der Waals surface area contributed by atoms with Crippen LogP contribution in [0.25, 0.3) is 15.7 Å². The van der Waals surface area contributed by atoms with Gasteiger partial charge in [-0.1, -0.05) is 6.92 Å². The second-order valence-electron chi connectivity index (χ2n) is 7.07. The average Bonchev–Trinajstić information content (AvgIpc) is 3.08. The van der Waals surface area contributed by atoms with Gasteiger partial charge in [0.15, 0.2) is 0 Å². The summed E-state index contributed by atoms with van der Waals surface area (Å²) >= 11 is 1.67. The van der Waals surface area contributed by atoms with Crippen molar-refractivity contribution >= 4 is 33.0 Å². The van der Waals surface area contributed by atoms with Crippen molar-refractivity contribution in [3.63, 3.8) is 0 Å². The standard InChI is InChI=1S/C18H22N4O2S/c1-11-5-4-6-20(9-11)17(23)10-21-18(24)15-8-16-14(7-12(2)25-16)22(15)13(3)19-21/h7-8,11H,4-6,9-10H2,1-3H3/t11-/m1/s1. The van der Waals surface area contributed by atoms with Crippen molar-refractivity contribution in [1.29, 1.82) is 0 Å². The zero-order valence-corrected chi connectivity index (χ0v) is 15.6. The summed E-state index contributed by atoms with van der Waals surface area (Å²) in [6, 6.07) is 3.99. The maximum absolute atomic E-state index is 12.8. The fraction of sp³-hybridized carbons (Fsp3) is 0.500. The minimum absolute atomic E-state index is 0.0146. The summed E-state index contributed by atoms with van der Waals surface area (Å²) in [5.41, 5.74) is 1.40. The van der Waals surface area contributed by atoms with Gasteiger partial charge in [-0.05, 0) is 44.7 Å². The van der Waals surface area contributed by atoms with E-state index in [-0.39, 0.29) is 18.0 Å². The highest BCUT2D eigenvalue weighted by Gasteiger charge is 2.22. The number of hydrogen-bond donors (Lipinski definition) is 0. The van der Waals surface area contributed by atoms with Gasteiger partial charge in [-0.3, -0.25) is 14.0 Å². The Morgan fingerprint density at radius 1 is 1.32 bits per heavy atom. The van der Waals surface area contributed by atoms with Crippen LogP contribution >= 0.6 is 11.3 Å². The lowest BCUT2D eigenvalue weighted by Gasteiger charge is -2.31. The molecule has 7 heteroatoms. The number of carbonyl (C=O) groups is 1. The number of rotatable bonds is 2. The minimum atomic E-state index is -0.204. The number of likely N-dealkylation sites (tertiary alicyclic amines) is 1. The van der Waals surface area contributed by atoms with Crippen LogP contribution in [0.3, 0.4) is 0 Å². The Morgan fingerprint density at radius 2 is 2.12 bits per heavy atom. The Kier molecular flexibility index (Phi) is 3.91. The van der Waals surface area contributed by atoms with Gasteiger partial charge in [0.25, 0.3) is 5.56 Å². The smallest absolute Gasteiger partial charge is 0.291 e. The van der Waals surface area contributed by atoms with Crippen molar-refractivity contribution in [1.82, 2.24) is 19.1 Å². The van der Waals surface area contributed by atoms with Crippen LogP contribution in [0.4, 0.5) is 0 Å². The third-order valence-corrected chi connectivity index (χ3v) is 5.94. The van der Waals surface area contributed by atoms with Crippen LogP contribution in [0.2, 0.25) is 0 Å². The number of aromatic nitrogens is 3. The number of thiophene rings is 1. The van der Waals surface area contributed by atoms with Crippen molar-refractivity contribution in [2.45, 2.75) is 40.2 Å². The van der Waals surface area contributed by atoms with Crippen molar-refractivity contribution < 1.29 is 4.79 Å². The highest BCUT2D eigenvalue weighted by molar-refractivity contribution is 7.19. The van der Waals surface area contributed by atoms with E-state index in [9.17, 15) is 9.59 Å². The normalized spacial score (nSPS) is 18.4. The average molecular weight is 358 g/mol. The van der Waals surface area contributed by atoms with Gasteiger partial charge in [-0.2, -0.15) is 5.10 Å². The zero-order chi connectivity index (χ0) is 17.7. The molecule has 1 fully saturated rings. The maximum atomic E-state index is 12.8. The van der Waals surface area contributed by atoms with Crippen LogP contribution in [-0.2, 0) is 11.3 Å². The molecule has 0 bridgehead atoms. The quantitative estimate of drug-likeness (QED) is 0.707. The monoisotopic (exact) mass is 358 g/mol. The van der Waals surface area contributed by atoms with E-state index in [1.807, 2.05) is 22.3 Å². The molecule has 4 heterocycles. The number of hydrogen-bond acceptors (Lipinski definition) is 4. The molecule has 3 aromatic rings. The fourth-order valence-corrected chi connectivity index (χ4v) is 4.71. The zero-order valence-electron chi connectivity index (χ0n) is 14.8. The molecule has 1 amide bonds. The highest BCUT2D eigenvalue weighted by atomic mass is 32.1. The molecule has 1 saturated heterocycles. The van der Waals surface area contributed by atoms with E-state index in [0.717, 1.165) is 42.0 Å². The molecule has 0 radical (unpaired) electrons. The molecule has 6 nitrogen and oxygen atoms in total. The molecule has 0 N–H and O–H groups in total. The second kappa shape index (κ2) is 5.98. The van der Waals surface area contributed by atoms with Crippen molar-refractivity contribution in [2.75, 3.05) is 13.1 Å². The van der Waals surface area contributed by atoms with E-state index >= 15 is 0 Å². The first-order valence-corrected chi connectivity index (χ1v) is 9.53. The Bertz CT molecular complexity index is 1030. The van der Waals surface area contributed by atoms with Gasteiger partial charge in [0.1, 0.15) is 17.9 Å². The van der Waals surface area contributed by atoms with Gasteiger partial charge in [0, 0.05) is 18.0 Å². The van der Waals surface area contributed by atoms with E-state index in [4.69, 9.17) is 0 Å². The Morgan fingerprint density at radius 3 is 2.88 bits per heavy atom. The first kappa shape index (κ1) is 16.3. The predicted octanol–water partition coefficient (Wildman–Crippen LogP) is 2.59. The van der Waals surface area contributed by atoms with Crippen LogP contribution in [-0.4, -0.2) is 38.1 Å². The van der Waals surface area contributed by atoms with Gasteiger partial charge < -0.3 is 4.90 Å². The molecule has 25 heavy (non-hydrogen) atoms. The molecule has 1 aliphatic heterocycles. The first-order valence-electron chi connectivity index (χ1n) is 8.71. The first-order chi connectivity index (χ1) is 11.9. The molecule has 1 aliphatic rings. The minimum Gasteiger partial charge on any atom is -0.341 e. The summed E-state index contributed by atoms with van der Waals surface area (Å²) in [6.45, 7) is 7.66. The lowest BCUT2D eigenvalue weighted by atomic mass is 10.0. The Hall–Kier alpha value is -2.15. The van der Waals surface area contributed by atoms with Crippen LogP contribution in [0.1, 0.15) is 30.5 Å². The Labute approximate surface area is 149 Å². The number of piperidine rings is 1. The maximum Gasteiger partial charge on any atom is 0.291 e. The number of fused-ring (bicyclic) bond motifs is 3. The molecular weight excluding hydrogens is 336 g/mol. The van der Waals surface area contributed by atoms with Gasteiger partial charge >= 0.3 is 0 Å². The van der Waals surface area contributed by atoms with Crippen LogP contribution < -0.4 is 5.56 Å². The molecule has 3 aromatic heterocycles. The third kappa shape index (κ3) is 2.76. The summed E-state index contributed by atoms with van der Waals surface area (Å²) in [5, 5.41) is 4.41. The van der Waals surface area contributed by atoms with Crippen molar-refractivity contribution in [3.05, 3.63) is 33.2 Å². The summed E-state index contributed by atoms with van der Waals surface area (Å²) in [7, 11) is 0. The molecule has 132 valence electrons. The largest absolute Gasteiger partial charge is 0.341 e. The van der Waals surface area contributed by atoms with Crippen LogP contribution in [0, 0.1) is 19.8 Å². The summed E-state index contributed by atoms with van der Waals surface area (Å²) in [5.74, 6) is 1.23. The molecule has 0 aromatic carbocycles. The van der Waals surface area contributed by atoms with E-state index in [1.54, 1.807) is 11.3 Å². The molecule has 0 spiro atoms. The molecular formula is C18H22N4O2S. The van der Waals surface area contributed by atoms with Crippen molar-refractivity contribution in [3.8, 4) is 0 Å². The number of amides is 1. The summed E-state index contributed by atoms with van der Waals surface area (Å²) < 4.78 is 4.29. The summed E-state index contributed by atoms with van der Waals surface area (Å²) in [4.78, 5) is 28.5. The van der Waals surface area contributed by atoms with E-state index in [1.165, 1.54) is 9.56 Å². The lowest BCUT2D eigenvalue weighted by Crippen LogP contribution is -2.42. The summed E-state index contributed by atoms with van der Waals surface area (Å²) in [6.07, 6.45) is 2.19. The molecule has 0 saturated carbocycles. The Balaban J connectivity index is 1.71. The van der Waals surface area contributed by atoms with Crippen LogP contribution in [0.5, 0.6) is 0 Å². The predicted molar refractivity (Wildman–Crippen MR) is 99.3 cm³/mol. The second-order valence-corrected chi connectivity index (χ2v) is 8.36. The van der Waals surface area contributed by atoms with Gasteiger partial charge in [-0.15, -0.1) is 11.3 Å². The van der Waals surface area contributed by atoms with Gasteiger partial charge in [0.2, 0.25) is 5.91 Å². The lowest BCUT2D eigenvalue weighted by molar-refractivity contribution is -0.133. The van der Waals surface area contributed by atoms with E-state index in [2.05, 4.69) is 25.0 Å². The van der Waals surface area contributed by atoms with Crippen LogP contribution in [0.15, 0.2) is 16.9 Å². The molecule has 0 unspecified atom stereocenters. The number of nitrogens with zero attached hydrogens (tertiary/aromatic N) is 4. The fourth-order valence-electron chi connectivity index (χ4n) is 3.77. The molecule has 4 rings (SSSR count). The van der Waals surface area contributed by atoms with Gasteiger partial charge in [-0.25, -0.2) is 4.68 Å². The third-order valence-electron chi connectivity index (χ3n) is 4.95. The number of aryl methyl sites for hydroxylation is 2. The number of carbonyl (C=O) groups excluding carboxylic acids is 1.